The Morgan fingerprint density at radius 1 is 0.750 bits per heavy atom. The Hall–Kier alpha value is -3.80. The summed E-state index contributed by atoms with van der Waals surface area (Å²) in [5, 5.41) is 2.45. The molecule has 21 heteroatoms. The minimum atomic E-state index is -5.10. The number of benzene rings is 1. The maximum Gasteiger partial charge on any atom is 0.397 e. The molecule has 0 aromatic heterocycles. The van der Waals surface area contributed by atoms with E-state index in [0.717, 1.165) is 34.6 Å². The number of carbonyl (C=O) groups is 5. The molecule has 20 nitrogen and oxygen atoms in total. The van der Waals surface area contributed by atoms with Crippen LogP contribution in [-0.2, 0) is 81.2 Å². The zero-order valence-corrected chi connectivity index (χ0v) is 33.3. The van der Waals surface area contributed by atoms with Crippen LogP contribution in [0.15, 0.2) is 30.3 Å². The van der Waals surface area contributed by atoms with Crippen molar-refractivity contribution in [3.8, 4) is 0 Å². The van der Waals surface area contributed by atoms with Crippen LogP contribution in [0.3, 0.4) is 0 Å². The summed E-state index contributed by atoms with van der Waals surface area (Å²) in [5.74, 6) is -4.17. The summed E-state index contributed by atoms with van der Waals surface area (Å²) in [7, 11) is -5.10. The summed E-state index contributed by atoms with van der Waals surface area (Å²) in [6.45, 7) is 14.3. The van der Waals surface area contributed by atoms with Crippen LogP contribution in [0.5, 0.6) is 0 Å². The third-order valence-corrected chi connectivity index (χ3v) is 9.01. The van der Waals surface area contributed by atoms with Crippen LogP contribution in [0, 0.1) is 0 Å². The molecule has 3 saturated heterocycles. The monoisotopic (exact) mass is 820 g/mol. The van der Waals surface area contributed by atoms with Crippen LogP contribution in [0.1, 0.15) is 67.2 Å². The van der Waals surface area contributed by atoms with Gasteiger partial charge in [-0.25, -0.2) is 4.18 Å². The van der Waals surface area contributed by atoms with Gasteiger partial charge in [0.2, 0.25) is 12.2 Å². The van der Waals surface area contributed by atoms with Gasteiger partial charge in [0.25, 0.3) is 0 Å². The van der Waals surface area contributed by atoms with Gasteiger partial charge in [-0.2, -0.15) is 8.42 Å². The number of ether oxygens (including phenoxy) is 9. The average Bonchev–Trinajstić information content (AvgIpc) is 3.11. The maximum absolute atomic E-state index is 12.4. The molecule has 1 aromatic carbocycles. The normalized spacial score (nSPS) is 30.1. The number of nitrogens with one attached hydrogen (secondary N) is 1. The lowest BCUT2D eigenvalue weighted by Gasteiger charge is -2.50. The van der Waals surface area contributed by atoms with Gasteiger partial charge in [0.15, 0.2) is 30.9 Å². The quantitative estimate of drug-likeness (QED) is 0.151. The molecule has 0 bridgehead atoms. The topological polar surface area (TPSA) is 247 Å². The third kappa shape index (κ3) is 14.0. The highest BCUT2D eigenvalue weighted by Gasteiger charge is 2.58. The first-order valence-corrected chi connectivity index (χ1v) is 19.3. The van der Waals surface area contributed by atoms with E-state index in [-0.39, 0.29) is 6.61 Å². The number of hydrogen-bond donors (Lipinski definition) is 2. The molecule has 0 aliphatic carbocycles. The van der Waals surface area contributed by atoms with Gasteiger partial charge in [-0.15, -0.1) is 0 Å². The smallest absolute Gasteiger partial charge is 0.397 e. The molecular weight excluding hydrogens is 768 g/mol. The highest BCUT2D eigenvalue weighted by molar-refractivity contribution is 7.80. The predicted molar refractivity (Wildman–Crippen MR) is 189 cm³/mol. The Morgan fingerprint density at radius 2 is 1.30 bits per heavy atom. The molecule has 3 aliphatic rings. The van der Waals surface area contributed by atoms with Crippen molar-refractivity contribution in [3.63, 3.8) is 0 Å². The minimum absolute atomic E-state index is 0.151. The molecule has 0 spiro atoms. The van der Waals surface area contributed by atoms with E-state index >= 15 is 0 Å². The number of esters is 4. The second-order valence-electron chi connectivity index (χ2n) is 12.8. The zero-order chi connectivity index (χ0) is 41.7. The Labute approximate surface area is 325 Å². The van der Waals surface area contributed by atoms with Crippen LogP contribution in [-0.4, -0.2) is 142 Å². The third-order valence-electron chi connectivity index (χ3n) is 8.57. The molecule has 3 heterocycles. The van der Waals surface area contributed by atoms with E-state index in [1.165, 1.54) is 19.6 Å². The van der Waals surface area contributed by atoms with E-state index in [2.05, 4.69) is 35.2 Å². The first kappa shape index (κ1) is 46.6. The standard InChI is InChI=1S/C29H37NO18S.C6H15N/c1-13(31)30-21-24(41-14(2)32)22(20(12-40-49(36,37)38)45-28(21)44-17(5)35)48-29-26(43-16(4)34)25(42-15(3)33)23-19(46-29)11-39-27(47-23)18-9-7-6-8-10-18;1-4-7(5-2)6-3/h6-10,19-29H,11-12H2,1-5H3,(H,30,31)(H,36,37,38);4-6H2,1-3H3/t19-,20-,21-,22-,23+,24-,25+,26-,27?,28?,29+;/m1./s1. The van der Waals surface area contributed by atoms with Crippen LogP contribution < -0.4 is 5.32 Å². The van der Waals surface area contributed by atoms with Gasteiger partial charge in [-0.05, 0) is 19.6 Å². The fraction of sp³-hybridized carbons (Fsp3) is 0.686. The Morgan fingerprint density at radius 3 is 1.80 bits per heavy atom. The lowest BCUT2D eigenvalue weighted by Crippen LogP contribution is -2.69. The van der Waals surface area contributed by atoms with Crippen LogP contribution >= 0.6 is 0 Å². The molecule has 3 aliphatic heterocycles. The number of carbonyl (C=O) groups excluding carboxylic acids is 5. The molecule has 2 unspecified atom stereocenters. The van der Waals surface area contributed by atoms with E-state index in [4.69, 9.17) is 42.6 Å². The molecule has 4 rings (SSSR count). The highest BCUT2D eigenvalue weighted by atomic mass is 32.3. The first-order chi connectivity index (χ1) is 26.4. The Balaban J connectivity index is 0.00000109. The molecular formula is C35H52N2O18S. The van der Waals surface area contributed by atoms with Crippen molar-refractivity contribution >= 4 is 40.2 Å². The highest BCUT2D eigenvalue weighted by Crippen LogP contribution is 2.39. The number of amides is 1. The number of rotatable bonds is 14. The molecule has 2 N–H and O–H groups in total. The SMILES string of the molecule is CC(=O)N[C@H]1C(OC(C)=O)O[C@H](COS(=O)(=O)O)[C@@H](O[C@@H]2O[C@@H]3COC(c4ccccc4)O[C@@H]3[C@H](OC(C)=O)[C@H]2OC(C)=O)[C@@H]1OC(C)=O.CCN(CC)CC. The molecule has 316 valence electrons. The second-order valence-corrected chi connectivity index (χ2v) is 13.8. The fourth-order valence-corrected chi connectivity index (χ4v) is 6.55. The number of fused-ring (bicyclic) bond motifs is 1. The predicted octanol–water partition coefficient (Wildman–Crippen LogP) is 0.966. The maximum atomic E-state index is 12.4. The molecule has 3 fully saturated rings. The summed E-state index contributed by atoms with van der Waals surface area (Å²) < 4.78 is 88.9. The van der Waals surface area contributed by atoms with Gasteiger partial charge in [0, 0.05) is 40.2 Å². The van der Waals surface area contributed by atoms with Crippen molar-refractivity contribution in [1.29, 1.82) is 0 Å². The Kier molecular flexibility index (Phi) is 18.0. The van der Waals surface area contributed by atoms with Crippen molar-refractivity contribution in [2.24, 2.45) is 0 Å². The van der Waals surface area contributed by atoms with Gasteiger partial charge in [-0.3, -0.25) is 28.5 Å². The van der Waals surface area contributed by atoms with Gasteiger partial charge >= 0.3 is 34.3 Å². The van der Waals surface area contributed by atoms with Crippen molar-refractivity contribution in [2.45, 2.75) is 123 Å². The van der Waals surface area contributed by atoms with E-state index < -0.39 is 114 Å². The van der Waals surface area contributed by atoms with Crippen LogP contribution in [0.4, 0.5) is 0 Å². The molecule has 1 amide bonds. The molecule has 1 aromatic rings. The summed E-state index contributed by atoms with van der Waals surface area (Å²) >= 11 is 0. The largest absolute Gasteiger partial charge is 0.457 e. The molecule has 11 atom stereocenters. The zero-order valence-electron chi connectivity index (χ0n) is 32.5. The van der Waals surface area contributed by atoms with Gasteiger partial charge in [-0.1, -0.05) is 51.1 Å². The van der Waals surface area contributed by atoms with Gasteiger partial charge in [0.1, 0.15) is 30.5 Å². The first-order valence-electron chi connectivity index (χ1n) is 18.0. The minimum Gasteiger partial charge on any atom is -0.457 e. The van der Waals surface area contributed by atoms with E-state index in [1.807, 2.05) is 0 Å². The van der Waals surface area contributed by atoms with Gasteiger partial charge < -0.3 is 52.8 Å². The van der Waals surface area contributed by atoms with Crippen molar-refractivity contribution in [3.05, 3.63) is 35.9 Å². The van der Waals surface area contributed by atoms with Crippen molar-refractivity contribution in [2.75, 3.05) is 32.8 Å². The number of hydrogen-bond acceptors (Lipinski definition) is 18. The summed E-state index contributed by atoms with van der Waals surface area (Å²) in [5.41, 5.74) is 0.626. The molecule has 0 radical (unpaired) electrons. The van der Waals surface area contributed by atoms with Crippen LogP contribution in [0.2, 0.25) is 0 Å². The fourth-order valence-electron chi connectivity index (χ4n) is 6.24. The van der Waals surface area contributed by atoms with E-state index in [1.54, 1.807) is 30.3 Å². The Bertz CT molecular complexity index is 1570. The lowest BCUT2D eigenvalue weighted by molar-refractivity contribution is -0.380. The second kappa shape index (κ2) is 21.6. The van der Waals surface area contributed by atoms with Crippen molar-refractivity contribution in [1.82, 2.24) is 10.2 Å². The number of nitrogens with zero attached hydrogens (tertiary/aromatic N) is 1. The summed E-state index contributed by atoms with van der Waals surface area (Å²) in [6.07, 6.45) is -14.4. The van der Waals surface area contributed by atoms with Gasteiger partial charge in [0.05, 0.1) is 13.2 Å². The molecule has 0 saturated carbocycles. The average molecular weight is 821 g/mol. The van der Waals surface area contributed by atoms with E-state index in [9.17, 15) is 36.9 Å². The van der Waals surface area contributed by atoms with Crippen LogP contribution in [0.25, 0.3) is 0 Å². The molecule has 56 heavy (non-hydrogen) atoms. The summed E-state index contributed by atoms with van der Waals surface area (Å²) in [6, 6.07) is 7.32. The van der Waals surface area contributed by atoms with Crippen molar-refractivity contribution < 1.29 is 83.8 Å². The van der Waals surface area contributed by atoms with E-state index in [0.29, 0.717) is 5.56 Å². The summed E-state index contributed by atoms with van der Waals surface area (Å²) in [4.78, 5) is 63.7. The lowest BCUT2D eigenvalue weighted by atomic mass is 9.94.